The maximum absolute atomic E-state index is 11.9. The Morgan fingerprint density at radius 3 is 2.57 bits per heavy atom. The van der Waals surface area contributed by atoms with E-state index in [4.69, 9.17) is 10.5 Å². The standard InChI is InChI=1S/C12H14N4O3S2/c1-2-19-12(18)8-6-21-10(16-8)4-14-11(17)7-5-20-9(3-13)15-7/h5-6H,2-4,13H2,1H3,(H,14,17). The topological polar surface area (TPSA) is 107 Å². The summed E-state index contributed by atoms with van der Waals surface area (Å²) in [5, 5.41) is 7.29. The van der Waals surface area contributed by atoms with Crippen LogP contribution in [0.5, 0.6) is 0 Å². The summed E-state index contributed by atoms with van der Waals surface area (Å²) in [6, 6.07) is 0. The summed E-state index contributed by atoms with van der Waals surface area (Å²) in [4.78, 5) is 31.5. The van der Waals surface area contributed by atoms with Crippen molar-refractivity contribution < 1.29 is 14.3 Å². The van der Waals surface area contributed by atoms with Gasteiger partial charge in [0, 0.05) is 17.3 Å². The van der Waals surface area contributed by atoms with Crippen molar-refractivity contribution in [1.82, 2.24) is 15.3 Å². The third-order valence-electron chi connectivity index (χ3n) is 2.40. The van der Waals surface area contributed by atoms with Gasteiger partial charge in [-0.2, -0.15) is 0 Å². The predicted molar refractivity (Wildman–Crippen MR) is 79.2 cm³/mol. The molecule has 0 saturated heterocycles. The molecule has 0 spiro atoms. The van der Waals surface area contributed by atoms with Crippen LogP contribution in [-0.4, -0.2) is 28.5 Å². The number of hydrogen-bond donors (Lipinski definition) is 2. The lowest BCUT2D eigenvalue weighted by Gasteiger charge is -2.00. The highest BCUT2D eigenvalue weighted by molar-refractivity contribution is 7.10. The molecule has 0 aromatic carbocycles. The number of thiazole rings is 2. The van der Waals surface area contributed by atoms with Crippen LogP contribution in [0.1, 0.15) is 37.9 Å². The Kier molecular flexibility index (Phi) is 5.37. The molecule has 21 heavy (non-hydrogen) atoms. The van der Waals surface area contributed by atoms with Crippen LogP contribution >= 0.6 is 22.7 Å². The van der Waals surface area contributed by atoms with Crippen LogP contribution in [0.15, 0.2) is 10.8 Å². The molecule has 0 bridgehead atoms. The first kappa shape index (κ1) is 15.5. The molecular weight excluding hydrogens is 312 g/mol. The van der Waals surface area contributed by atoms with Gasteiger partial charge in [-0.15, -0.1) is 22.7 Å². The summed E-state index contributed by atoms with van der Waals surface area (Å²) in [5.74, 6) is -0.753. The molecular formula is C12H14N4O3S2. The summed E-state index contributed by atoms with van der Waals surface area (Å²) < 4.78 is 4.85. The fraction of sp³-hybridized carbons (Fsp3) is 0.333. The molecule has 0 aliphatic heterocycles. The molecule has 9 heteroatoms. The number of nitrogens with zero attached hydrogens (tertiary/aromatic N) is 2. The molecule has 0 fully saturated rings. The fourth-order valence-corrected chi connectivity index (χ4v) is 2.80. The monoisotopic (exact) mass is 326 g/mol. The van der Waals surface area contributed by atoms with Crippen molar-refractivity contribution in [2.24, 2.45) is 5.73 Å². The molecule has 2 heterocycles. The minimum absolute atomic E-state index is 0.235. The van der Waals surface area contributed by atoms with Crippen molar-refractivity contribution >= 4 is 34.6 Å². The van der Waals surface area contributed by atoms with Crippen LogP contribution in [0.2, 0.25) is 0 Å². The van der Waals surface area contributed by atoms with Gasteiger partial charge in [-0.3, -0.25) is 4.79 Å². The first-order chi connectivity index (χ1) is 10.1. The third kappa shape index (κ3) is 4.06. The van der Waals surface area contributed by atoms with E-state index in [1.807, 2.05) is 0 Å². The van der Waals surface area contributed by atoms with E-state index in [9.17, 15) is 9.59 Å². The summed E-state index contributed by atoms with van der Waals surface area (Å²) in [5.41, 5.74) is 6.04. The second-order valence-corrected chi connectivity index (χ2v) is 5.75. The Balaban J connectivity index is 1.91. The van der Waals surface area contributed by atoms with Crippen molar-refractivity contribution in [3.63, 3.8) is 0 Å². The molecule has 3 N–H and O–H groups in total. The highest BCUT2D eigenvalue weighted by Crippen LogP contribution is 2.12. The molecule has 1 amide bonds. The van der Waals surface area contributed by atoms with Gasteiger partial charge < -0.3 is 15.8 Å². The molecule has 2 rings (SSSR count). The molecule has 0 saturated carbocycles. The smallest absolute Gasteiger partial charge is 0.357 e. The predicted octanol–water partition coefficient (Wildman–Crippen LogP) is 1.17. The lowest BCUT2D eigenvalue weighted by atomic mass is 10.4. The quantitative estimate of drug-likeness (QED) is 0.772. The van der Waals surface area contributed by atoms with E-state index >= 15 is 0 Å². The van der Waals surface area contributed by atoms with Gasteiger partial charge in [0.15, 0.2) is 5.69 Å². The average molecular weight is 326 g/mol. The van der Waals surface area contributed by atoms with Crippen molar-refractivity contribution in [2.75, 3.05) is 6.61 Å². The number of aromatic nitrogens is 2. The fourth-order valence-electron chi connectivity index (χ4n) is 1.45. The minimum Gasteiger partial charge on any atom is -0.461 e. The zero-order chi connectivity index (χ0) is 15.2. The molecule has 0 aliphatic carbocycles. The highest BCUT2D eigenvalue weighted by atomic mass is 32.1. The minimum atomic E-state index is -0.460. The number of esters is 1. The number of hydrogen-bond acceptors (Lipinski definition) is 8. The number of carbonyl (C=O) groups is 2. The molecule has 2 aromatic heterocycles. The van der Waals surface area contributed by atoms with Gasteiger partial charge in [-0.05, 0) is 6.92 Å². The van der Waals surface area contributed by atoms with Crippen molar-refractivity contribution in [1.29, 1.82) is 0 Å². The molecule has 2 aromatic rings. The van der Waals surface area contributed by atoms with Crippen LogP contribution in [0.4, 0.5) is 0 Å². The maximum atomic E-state index is 11.9. The Morgan fingerprint density at radius 1 is 1.24 bits per heavy atom. The SMILES string of the molecule is CCOC(=O)c1csc(CNC(=O)c2csc(CN)n2)n1. The van der Waals surface area contributed by atoms with E-state index < -0.39 is 5.97 Å². The Morgan fingerprint density at radius 2 is 1.90 bits per heavy atom. The maximum Gasteiger partial charge on any atom is 0.357 e. The first-order valence-corrected chi connectivity index (χ1v) is 7.94. The number of rotatable bonds is 6. The van der Waals surface area contributed by atoms with Gasteiger partial charge in [0.25, 0.3) is 5.91 Å². The Labute approximate surface area is 129 Å². The second-order valence-electron chi connectivity index (χ2n) is 3.86. The number of amides is 1. The lowest BCUT2D eigenvalue weighted by Crippen LogP contribution is -2.23. The second kappa shape index (κ2) is 7.25. The molecule has 7 nitrogen and oxygen atoms in total. The average Bonchev–Trinajstić information content (AvgIpc) is 3.14. The highest BCUT2D eigenvalue weighted by Gasteiger charge is 2.13. The lowest BCUT2D eigenvalue weighted by molar-refractivity contribution is 0.0520. The number of ether oxygens (including phenoxy) is 1. The van der Waals surface area contributed by atoms with Gasteiger partial charge in [0.05, 0.1) is 13.2 Å². The van der Waals surface area contributed by atoms with E-state index in [2.05, 4.69) is 15.3 Å². The molecule has 112 valence electrons. The van der Waals surface area contributed by atoms with Crippen LogP contribution in [-0.2, 0) is 17.8 Å². The summed E-state index contributed by atoms with van der Waals surface area (Å²) in [6.07, 6.45) is 0. The first-order valence-electron chi connectivity index (χ1n) is 6.18. The Hall–Kier alpha value is -1.84. The molecule has 0 atom stereocenters. The van der Waals surface area contributed by atoms with Crippen LogP contribution in [0, 0.1) is 0 Å². The summed E-state index contributed by atoms with van der Waals surface area (Å²) >= 11 is 2.63. The zero-order valence-electron chi connectivity index (χ0n) is 11.3. The molecule has 0 radical (unpaired) electrons. The van der Waals surface area contributed by atoms with E-state index in [1.165, 1.54) is 22.7 Å². The molecule has 0 unspecified atom stereocenters. The van der Waals surface area contributed by atoms with Gasteiger partial charge >= 0.3 is 5.97 Å². The van der Waals surface area contributed by atoms with E-state index in [-0.39, 0.29) is 18.1 Å². The summed E-state index contributed by atoms with van der Waals surface area (Å²) in [7, 11) is 0. The zero-order valence-corrected chi connectivity index (χ0v) is 12.9. The summed E-state index contributed by atoms with van der Waals surface area (Å²) in [6.45, 7) is 2.58. The van der Waals surface area contributed by atoms with Gasteiger partial charge in [-0.1, -0.05) is 0 Å². The van der Waals surface area contributed by atoms with Gasteiger partial charge in [0.2, 0.25) is 0 Å². The van der Waals surface area contributed by atoms with Crippen molar-refractivity contribution in [2.45, 2.75) is 20.0 Å². The van der Waals surface area contributed by atoms with Crippen LogP contribution in [0.25, 0.3) is 0 Å². The number of carbonyl (C=O) groups excluding carboxylic acids is 2. The van der Waals surface area contributed by atoms with E-state index in [0.717, 1.165) is 0 Å². The van der Waals surface area contributed by atoms with E-state index in [0.29, 0.717) is 28.9 Å². The van der Waals surface area contributed by atoms with Crippen LogP contribution < -0.4 is 11.1 Å². The van der Waals surface area contributed by atoms with Crippen molar-refractivity contribution in [3.05, 3.63) is 32.2 Å². The third-order valence-corrected chi connectivity index (χ3v) is 4.12. The normalized spacial score (nSPS) is 10.4. The number of nitrogens with one attached hydrogen (secondary N) is 1. The van der Waals surface area contributed by atoms with Crippen LogP contribution in [0.3, 0.4) is 0 Å². The molecule has 0 aliphatic rings. The Bertz CT molecular complexity index is 638. The van der Waals surface area contributed by atoms with E-state index in [1.54, 1.807) is 17.7 Å². The van der Waals surface area contributed by atoms with Crippen molar-refractivity contribution in [3.8, 4) is 0 Å². The van der Waals surface area contributed by atoms with Gasteiger partial charge in [-0.25, -0.2) is 14.8 Å². The largest absolute Gasteiger partial charge is 0.461 e. The van der Waals surface area contributed by atoms with Gasteiger partial charge in [0.1, 0.15) is 15.7 Å². The number of nitrogens with two attached hydrogens (primary N) is 1.